The number of hydrogen-bond donors (Lipinski definition) is 1. The Kier molecular flexibility index (Phi) is 8.47. The largest absolute Gasteiger partial charge is 0.484 e. The zero-order valence-corrected chi connectivity index (χ0v) is 22.5. The standard InChI is InChI=1S/C25H22ClFN4O4S2/c1-14-21(15-7-5-4-6-8-15)22(24(33)34-3)23(37-14)28-20(32)13-36-25-30-29-19(31(25)2)12-35-18-10-9-16(27)11-17(18)26/h4-11H,12-13H2,1-3H3,(H,28,32). The van der Waals surface area contributed by atoms with Crippen molar-refractivity contribution in [2.24, 2.45) is 7.05 Å². The summed E-state index contributed by atoms with van der Waals surface area (Å²) in [5.41, 5.74) is 1.92. The van der Waals surface area contributed by atoms with Crippen molar-refractivity contribution in [2.75, 3.05) is 18.2 Å². The number of thiophene rings is 1. The Bertz CT molecular complexity index is 1440. The number of aryl methyl sites for hydroxylation is 1. The quantitative estimate of drug-likeness (QED) is 0.206. The SMILES string of the molecule is COC(=O)c1c(NC(=O)CSc2nnc(COc3ccc(F)cc3Cl)n2C)sc(C)c1-c1ccccc1. The topological polar surface area (TPSA) is 95.3 Å². The molecule has 8 nitrogen and oxygen atoms in total. The molecule has 0 fully saturated rings. The lowest BCUT2D eigenvalue weighted by Gasteiger charge is -2.09. The summed E-state index contributed by atoms with van der Waals surface area (Å²) in [6.45, 7) is 1.95. The number of nitrogens with zero attached hydrogens (tertiary/aromatic N) is 3. The second-order valence-corrected chi connectivity index (χ2v) is 10.3. The number of esters is 1. The van der Waals surface area contributed by atoms with Crippen LogP contribution in [0.4, 0.5) is 9.39 Å². The van der Waals surface area contributed by atoms with Crippen LogP contribution in [0.1, 0.15) is 21.1 Å². The highest BCUT2D eigenvalue weighted by molar-refractivity contribution is 7.99. The van der Waals surface area contributed by atoms with Crippen LogP contribution < -0.4 is 10.1 Å². The molecule has 0 unspecified atom stereocenters. The van der Waals surface area contributed by atoms with Gasteiger partial charge in [0.1, 0.15) is 28.7 Å². The minimum absolute atomic E-state index is 0.0366. The third kappa shape index (κ3) is 6.12. The number of anilines is 1. The van der Waals surface area contributed by atoms with E-state index >= 15 is 0 Å². The van der Waals surface area contributed by atoms with Gasteiger partial charge in [0.25, 0.3) is 0 Å². The molecule has 192 valence electrons. The van der Waals surface area contributed by atoms with E-state index in [2.05, 4.69) is 15.5 Å². The summed E-state index contributed by atoms with van der Waals surface area (Å²) in [5.74, 6) is -0.435. The van der Waals surface area contributed by atoms with E-state index in [1.807, 2.05) is 37.3 Å². The summed E-state index contributed by atoms with van der Waals surface area (Å²) >= 11 is 8.49. The number of ether oxygens (including phenoxy) is 2. The molecule has 4 aromatic rings. The number of thioether (sulfide) groups is 1. The number of benzene rings is 2. The molecule has 2 aromatic carbocycles. The molecular formula is C25H22ClFN4O4S2. The maximum absolute atomic E-state index is 13.2. The molecule has 1 N–H and O–H groups in total. The number of methoxy groups -OCH3 is 1. The smallest absolute Gasteiger partial charge is 0.341 e. The van der Waals surface area contributed by atoms with Gasteiger partial charge in [0.2, 0.25) is 5.91 Å². The Morgan fingerprint density at radius 2 is 1.95 bits per heavy atom. The summed E-state index contributed by atoms with van der Waals surface area (Å²) in [7, 11) is 3.06. The van der Waals surface area contributed by atoms with Crippen LogP contribution >= 0.6 is 34.7 Å². The number of carbonyl (C=O) groups is 2. The van der Waals surface area contributed by atoms with E-state index in [0.29, 0.717) is 27.3 Å². The van der Waals surface area contributed by atoms with Crippen molar-refractivity contribution in [3.8, 4) is 16.9 Å². The van der Waals surface area contributed by atoms with Crippen LogP contribution in [0, 0.1) is 12.7 Å². The van der Waals surface area contributed by atoms with Crippen molar-refractivity contribution in [3.05, 3.63) is 75.6 Å². The Morgan fingerprint density at radius 1 is 1.19 bits per heavy atom. The van der Waals surface area contributed by atoms with Gasteiger partial charge in [-0.2, -0.15) is 0 Å². The summed E-state index contributed by atoms with van der Waals surface area (Å²) < 4.78 is 25.5. The van der Waals surface area contributed by atoms with E-state index in [0.717, 1.165) is 22.1 Å². The molecule has 4 rings (SSSR count). The molecule has 0 radical (unpaired) electrons. The Morgan fingerprint density at radius 3 is 2.65 bits per heavy atom. The fourth-order valence-electron chi connectivity index (χ4n) is 3.51. The zero-order chi connectivity index (χ0) is 26.5. The second kappa shape index (κ2) is 11.8. The van der Waals surface area contributed by atoms with Crippen LogP contribution in [-0.4, -0.2) is 39.5 Å². The highest BCUT2D eigenvalue weighted by Crippen LogP contribution is 2.40. The van der Waals surface area contributed by atoms with Crippen LogP contribution in [0.15, 0.2) is 53.7 Å². The van der Waals surface area contributed by atoms with E-state index in [4.69, 9.17) is 21.1 Å². The molecule has 0 spiro atoms. The van der Waals surface area contributed by atoms with Crippen LogP contribution in [0.3, 0.4) is 0 Å². The maximum atomic E-state index is 13.2. The minimum atomic E-state index is -0.523. The van der Waals surface area contributed by atoms with Gasteiger partial charge in [-0.15, -0.1) is 21.5 Å². The Balaban J connectivity index is 1.42. The highest BCUT2D eigenvalue weighted by Gasteiger charge is 2.25. The monoisotopic (exact) mass is 560 g/mol. The van der Waals surface area contributed by atoms with Gasteiger partial charge in [-0.3, -0.25) is 4.79 Å². The van der Waals surface area contributed by atoms with Crippen LogP contribution in [0.25, 0.3) is 11.1 Å². The summed E-state index contributed by atoms with van der Waals surface area (Å²) in [6, 6.07) is 13.3. The van der Waals surface area contributed by atoms with E-state index in [9.17, 15) is 14.0 Å². The number of nitrogens with one attached hydrogen (secondary N) is 1. The van der Waals surface area contributed by atoms with Crippen LogP contribution in [0.5, 0.6) is 5.75 Å². The van der Waals surface area contributed by atoms with E-state index in [1.54, 1.807) is 11.6 Å². The van der Waals surface area contributed by atoms with Gasteiger partial charge < -0.3 is 19.4 Å². The van der Waals surface area contributed by atoms with E-state index in [-0.39, 0.29) is 23.3 Å². The fourth-order valence-corrected chi connectivity index (χ4v) is 5.54. The van der Waals surface area contributed by atoms with E-state index < -0.39 is 11.8 Å². The third-order valence-corrected chi connectivity index (χ3v) is 7.63. The molecule has 0 saturated carbocycles. The molecule has 1 amide bonds. The first-order chi connectivity index (χ1) is 17.8. The average Bonchev–Trinajstić information content (AvgIpc) is 3.40. The normalized spacial score (nSPS) is 10.8. The Hall–Kier alpha value is -3.41. The number of amides is 1. The predicted octanol–water partition coefficient (Wildman–Crippen LogP) is 5.74. The van der Waals surface area contributed by atoms with Gasteiger partial charge in [0.05, 0.1) is 17.9 Å². The zero-order valence-electron chi connectivity index (χ0n) is 20.1. The molecular weight excluding hydrogens is 539 g/mol. The fraction of sp³-hybridized carbons (Fsp3) is 0.200. The molecule has 0 saturated heterocycles. The van der Waals surface area contributed by atoms with Crippen molar-refractivity contribution in [1.29, 1.82) is 0 Å². The molecule has 0 atom stereocenters. The summed E-state index contributed by atoms with van der Waals surface area (Å²) in [4.78, 5) is 26.3. The molecule has 0 aliphatic heterocycles. The van der Waals surface area contributed by atoms with Crippen molar-refractivity contribution < 1.29 is 23.5 Å². The highest BCUT2D eigenvalue weighted by atomic mass is 35.5. The van der Waals surface area contributed by atoms with Gasteiger partial charge in [0, 0.05) is 17.5 Å². The summed E-state index contributed by atoms with van der Waals surface area (Å²) in [6.07, 6.45) is 0. The van der Waals surface area contributed by atoms with Crippen molar-refractivity contribution >= 4 is 51.6 Å². The third-order valence-electron chi connectivity index (χ3n) is 5.30. The molecule has 0 aliphatic rings. The second-order valence-electron chi connectivity index (χ2n) is 7.75. The number of carbonyl (C=O) groups excluding carboxylic acids is 2. The van der Waals surface area contributed by atoms with E-state index in [1.165, 1.54) is 42.3 Å². The first kappa shape index (κ1) is 26.6. The molecule has 2 heterocycles. The lowest BCUT2D eigenvalue weighted by Crippen LogP contribution is -2.16. The molecule has 0 bridgehead atoms. The van der Waals surface area contributed by atoms with Crippen molar-refractivity contribution in [3.63, 3.8) is 0 Å². The average molecular weight is 561 g/mol. The molecule has 37 heavy (non-hydrogen) atoms. The lowest BCUT2D eigenvalue weighted by atomic mass is 10.0. The number of halogens is 2. The first-order valence-electron chi connectivity index (χ1n) is 10.9. The maximum Gasteiger partial charge on any atom is 0.341 e. The van der Waals surface area contributed by atoms with Crippen LogP contribution in [-0.2, 0) is 23.2 Å². The van der Waals surface area contributed by atoms with Crippen molar-refractivity contribution in [1.82, 2.24) is 14.8 Å². The van der Waals surface area contributed by atoms with Gasteiger partial charge >= 0.3 is 5.97 Å². The van der Waals surface area contributed by atoms with Gasteiger partial charge in [-0.05, 0) is 30.7 Å². The molecule has 2 aromatic heterocycles. The molecule has 12 heteroatoms. The summed E-state index contributed by atoms with van der Waals surface area (Å²) in [5, 5.41) is 12.1. The first-order valence-corrected chi connectivity index (χ1v) is 13.1. The number of hydrogen-bond acceptors (Lipinski definition) is 8. The van der Waals surface area contributed by atoms with Gasteiger partial charge in [0.15, 0.2) is 11.0 Å². The van der Waals surface area contributed by atoms with Crippen LogP contribution in [0.2, 0.25) is 5.02 Å². The number of rotatable bonds is 9. The number of aromatic nitrogens is 3. The van der Waals surface area contributed by atoms with Crippen molar-refractivity contribution in [2.45, 2.75) is 18.7 Å². The van der Waals surface area contributed by atoms with Gasteiger partial charge in [-0.25, -0.2) is 9.18 Å². The minimum Gasteiger partial charge on any atom is -0.484 e. The molecule has 0 aliphatic carbocycles. The predicted molar refractivity (Wildman–Crippen MR) is 142 cm³/mol. The Labute approximate surface area is 225 Å². The van der Waals surface area contributed by atoms with Gasteiger partial charge in [-0.1, -0.05) is 53.7 Å². The lowest BCUT2D eigenvalue weighted by molar-refractivity contribution is -0.113.